The molecular formula is C20H24ClN5O2S. The Morgan fingerprint density at radius 3 is 2.69 bits per heavy atom. The van der Waals surface area contributed by atoms with Crippen molar-refractivity contribution in [2.24, 2.45) is 0 Å². The molecule has 1 atom stereocenters. The van der Waals surface area contributed by atoms with Gasteiger partial charge in [-0.15, -0.1) is 5.10 Å². The number of furan rings is 1. The molecule has 1 aromatic carbocycles. The summed E-state index contributed by atoms with van der Waals surface area (Å²) in [4.78, 5) is 19.0. The number of nitrogens with zero attached hydrogens (tertiary/aromatic N) is 3. The van der Waals surface area contributed by atoms with E-state index in [9.17, 15) is 4.79 Å². The SMILES string of the molecule is CCN(CC)[C@H](CNC(=O)CSc1n[nH]c(-c2ccc(Cl)cc2)n1)c1ccco1. The molecule has 3 aromatic rings. The van der Waals surface area contributed by atoms with Crippen molar-refractivity contribution in [1.82, 2.24) is 25.4 Å². The summed E-state index contributed by atoms with van der Waals surface area (Å²) in [7, 11) is 0. The number of nitrogens with one attached hydrogen (secondary N) is 2. The lowest BCUT2D eigenvalue weighted by Crippen LogP contribution is -2.38. The Hall–Kier alpha value is -2.29. The summed E-state index contributed by atoms with van der Waals surface area (Å²) < 4.78 is 5.56. The third kappa shape index (κ3) is 5.85. The molecule has 0 aliphatic heterocycles. The maximum absolute atomic E-state index is 12.3. The average molecular weight is 434 g/mol. The van der Waals surface area contributed by atoms with Crippen LogP contribution in [0.15, 0.2) is 52.2 Å². The first-order chi connectivity index (χ1) is 14.1. The van der Waals surface area contributed by atoms with Gasteiger partial charge in [0.15, 0.2) is 5.82 Å². The molecule has 29 heavy (non-hydrogen) atoms. The number of likely N-dealkylation sites (N-methyl/N-ethyl adjacent to an activating group) is 1. The Labute approximate surface area is 179 Å². The number of amides is 1. The minimum Gasteiger partial charge on any atom is -0.468 e. The quantitative estimate of drug-likeness (QED) is 0.470. The highest BCUT2D eigenvalue weighted by atomic mass is 35.5. The van der Waals surface area contributed by atoms with E-state index < -0.39 is 0 Å². The molecule has 0 unspecified atom stereocenters. The topological polar surface area (TPSA) is 87.0 Å². The van der Waals surface area contributed by atoms with Gasteiger partial charge < -0.3 is 9.73 Å². The first kappa shape index (κ1) is 21.4. The molecule has 154 valence electrons. The van der Waals surface area contributed by atoms with Crippen LogP contribution in [0.5, 0.6) is 0 Å². The number of halogens is 1. The van der Waals surface area contributed by atoms with Gasteiger partial charge in [0.2, 0.25) is 11.1 Å². The predicted molar refractivity (Wildman–Crippen MR) is 115 cm³/mol. The van der Waals surface area contributed by atoms with E-state index in [0.29, 0.717) is 22.5 Å². The lowest BCUT2D eigenvalue weighted by Gasteiger charge is -2.28. The number of carbonyl (C=O) groups is 1. The van der Waals surface area contributed by atoms with Crippen molar-refractivity contribution >= 4 is 29.3 Å². The highest BCUT2D eigenvalue weighted by Crippen LogP contribution is 2.22. The molecule has 0 saturated carbocycles. The lowest BCUT2D eigenvalue weighted by atomic mass is 10.2. The molecule has 3 rings (SSSR count). The number of carbonyl (C=O) groups excluding carboxylic acids is 1. The van der Waals surface area contributed by atoms with Gasteiger partial charge >= 0.3 is 0 Å². The first-order valence-electron chi connectivity index (χ1n) is 9.46. The number of hydrogen-bond acceptors (Lipinski definition) is 6. The van der Waals surface area contributed by atoms with Gasteiger partial charge in [-0.25, -0.2) is 4.98 Å². The molecule has 0 aliphatic rings. The van der Waals surface area contributed by atoms with E-state index in [1.54, 1.807) is 18.4 Å². The number of aromatic nitrogens is 3. The molecule has 2 aromatic heterocycles. The first-order valence-corrected chi connectivity index (χ1v) is 10.8. The number of thioether (sulfide) groups is 1. The van der Waals surface area contributed by atoms with Crippen LogP contribution in [0.4, 0.5) is 0 Å². The standard InChI is InChI=1S/C20H24ClN5O2S/c1-3-26(4-2)16(17-6-5-11-28-17)12-22-18(27)13-29-20-23-19(24-25-20)14-7-9-15(21)10-8-14/h5-11,16H,3-4,12-13H2,1-2H3,(H,22,27)(H,23,24,25)/t16-/m1/s1. The van der Waals surface area contributed by atoms with Gasteiger partial charge in [-0.1, -0.05) is 37.2 Å². The lowest BCUT2D eigenvalue weighted by molar-refractivity contribution is -0.118. The molecule has 2 heterocycles. The largest absolute Gasteiger partial charge is 0.468 e. The average Bonchev–Trinajstić information content (AvgIpc) is 3.42. The highest BCUT2D eigenvalue weighted by Gasteiger charge is 2.21. The monoisotopic (exact) mass is 433 g/mol. The van der Waals surface area contributed by atoms with E-state index in [1.807, 2.05) is 24.3 Å². The Morgan fingerprint density at radius 1 is 1.28 bits per heavy atom. The Balaban J connectivity index is 1.52. The maximum Gasteiger partial charge on any atom is 0.230 e. The van der Waals surface area contributed by atoms with Crippen molar-refractivity contribution in [3.8, 4) is 11.4 Å². The summed E-state index contributed by atoms with van der Waals surface area (Å²) in [5, 5.41) is 11.2. The van der Waals surface area contributed by atoms with Gasteiger partial charge in [-0.3, -0.25) is 14.8 Å². The highest BCUT2D eigenvalue weighted by molar-refractivity contribution is 7.99. The molecular weight excluding hydrogens is 410 g/mol. The van der Waals surface area contributed by atoms with Crippen molar-refractivity contribution in [3.05, 3.63) is 53.4 Å². The fraction of sp³-hybridized carbons (Fsp3) is 0.350. The number of rotatable bonds is 10. The van der Waals surface area contributed by atoms with Crippen molar-refractivity contribution in [2.75, 3.05) is 25.4 Å². The van der Waals surface area contributed by atoms with Gasteiger partial charge in [0.1, 0.15) is 5.76 Å². The number of aromatic amines is 1. The summed E-state index contributed by atoms with van der Waals surface area (Å²) >= 11 is 7.20. The van der Waals surface area contributed by atoms with Crippen LogP contribution in [0.25, 0.3) is 11.4 Å². The zero-order valence-corrected chi connectivity index (χ0v) is 18.0. The van der Waals surface area contributed by atoms with Crippen LogP contribution in [-0.2, 0) is 4.79 Å². The van der Waals surface area contributed by atoms with E-state index in [-0.39, 0.29) is 17.7 Å². The Bertz CT molecular complexity index is 894. The zero-order valence-electron chi connectivity index (χ0n) is 16.4. The van der Waals surface area contributed by atoms with E-state index in [2.05, 4.69) is 39.2 Å². The molecule has 0 bridgehead atoms. The minimum atomic E-state index is -0.0726. The third-order valence-electron chi connectivity index (χ3n) is 4.53. The Morgan fingerprint density at radius 2 is 2.03 bits per heavy atom. The van der Waals surface area contributed by atoms with Crippen LogP contribution in [0.1, 0.15) is 25.6 Å². The summed E-state index contributed by atoms with van der Waals surface area (Å²) in [6, 6.07) is 11.1. The zero-order chi connectivity index (χ0) is 20.6. The normalized spacial score (nSPS) is 12.3. The molecule has 2 N–H and O–H groups in total. The maximum atomic E-state index is 12.3. The molecule has 0 fully saturated rings. The van der Waals surface area contributed by atoms with Crippen LogP contribution in [0, 0.1) is 0 Å². The van der Waals surface area contributed by atoms with Gasteiger partial charge in [0, 0.05) is 17.1 Å². The summed E-state index contributed by atoms with van der Waals surface area (Å²) in [5.74, 6) is 1.66. The van der Waals surface area contributed by atoms with Gasteiger partial charge in [-0.2, -0.15) is 0 Å². The molecule has 0 saturated heterocycles. The third-order valence-corrected chi connectivity index (χ3v) is 5.63. The van der Waals surface area contributed by atoms with E-state index in [1.165, 1.54) is 11.8 Å². The fourth-order valence-electron chi connectivity index (χ4n) is 2.99. The van der Waals surface area contributed by atoms with Crippen LogP contribution in [-0.4, -0.2) is 51.4 Å². The summed E-state index contributed by atoms with van der Waals surface area (Å²) in [5.41, 5.74) is 0.888. The van der Waals surface area contributed by atoms with E-state index in [4.69, 9.17) is 16.0 Å². The molecule has 0 aliphatic carbocycles. The van der Waals surface area contributed by atoms with E-state index in [0.717, 1.165) is 24.4 Å². The number of benzene rings is 1. The van der Waals surface area contributed by atoms with Crippen molar-refractivity contribution < 1.29 is 9.21 Å². The number of H-pyrrole nitrogens is 1. The molecule has 1 amide bonds. The second kappa shape index (κ2) is 10.5. The van der Waals surface area contributed by atoms with E-state index >= 15 is 0 Å². The van der Waals surface area contributed by atoms with Crippen LogP contribution in [0.3, 0.4) is 0 Å². The minimum absolute atomic E-state index is 0.00830. The van der Waals surface area contributed by atoms with Crippen LogP contribution in [0.2, 0.25) is 5.02 Å². The van der Waals surface area contributed by atoms with Gasteiger partial charge in [0.25, 0.3) is 0 Å². The Kier molecular flexibility index (Phi) is 7.74. The smallest absolute Gasteiger partial charge is 0.230 e. The van der Waals surface area contributed by atoms with Gasteiger partial charge in [-0.05, 0) is 49.5 Å². The second-order valence-electron chi connectivity index (χ2n) is 6.32. The van der Waals surface area contributed by atoms with Crippen LogP contribution < -0.4 is 5.32 Å². The van der Waals surface area contributed by atoms with Gasteiger partial charge in [0.05, 0.1) is 18.1 Å². The summed E-state index contributed by atoms with van der Waals surface area (Å²) in [6.45, 7) is 6.42. The fourth-order valence-corrected chi connectivity index (χ4v) is 3.75. The molecule has 7 nitrogen and oxygen atoms in total. The number of hydrogen-bond donors (Lipinski definition) is 2. The van der Waals surface area contributed by atoms with Crippen LogP contribution >= 0.6 is 23.4 Å². The second-order valence-corrected chi connectivity index (χ2v) is 7.70. The molecule has 9 heteroatoms. The predicted octanol–water partition coefficient (Wildman–Crippen LogP) is 4.01. The van der Waals surface area contributed by atoms with Crippen molar-refractivity contribution in [2.45, 2.75) is 25.0 Å². The van der Waals surface area contributed by atoms with Crippen molar-refractivity contribution in [3.63, 3.8) is 0 Å². The van der Waals surface area contributed by atoms with Crippen molar-refractivity contribution in [1.29, 1.82) is 0 Å². The molecule has 0 spiro atoms. The summed E-state index contributed by atoms with van der Waals surface area (Å²) in [6.07, 6.45) is 1.66. The molecule has 0 radical (unpaired) electrons.